The van der Waals surface area contributed by atoms with Gasteiger partial charge in [-0.15, -0.1) is 0 Å². The fourth-order valence-electron chi connectivity index (χ4n) is 4.48. The van der Waals surface area contributed by atoms with Crippen LogP contribution in [0.3, 0.4) is 0 Å². The summed E-state index contributed by atoms with van der Waals surface area (Å²) in [5.74, 6) is 0. The molecule has 3 aliphatic rings. The predicted molar refractivity (Wildman–Crippen MR) is 86.9 cm³/mol. The van der Waals surface area contributed by atoms with Gasteiger partial charge in [0.2, 0.25) is 0 Å². The Kier molecular flexibility index (Phi) is 4.11. The summed E-state index contributed by atoms with van der Waals surface area (Å²) in [4.78, 5) is 30.9. The number of hydrogen-bond donors (Lipinski definition) is 1. The van der Waals surface area contributed by atoms with Gasteiger partial charge < -0.3 is 9.72 Å². The molecule has 23 heavy (non-hydrogen) atoms. The Morgan fingerprint density at radius 3 is 2.48 bits per heavy atom. The average Bonchev–Trinajstić information content (AvgIpc) is 3.00. The van der Waals surface area contributed by atoms with Crippen LogP contribution >= 0.6 is 0 Å². The molecule has 0 amide bonds. The summed E-state index contributed by atoms with van der Waals surface area (Å²) in [5, 5.41) is 0. The quantitative estimate of drug-likeness (QED) is 0.894. The fraction of sp³-hybridized carbons (Fsp3) is 0.765. The van der Waals surface area contributed by atoms with Crippen molar-refractivity contribution in [2.24, 2.45) is 0 Å². The zero-order valence-corrected chi connectivity index (χ0v) is 13.6. The van der Waals surface area contributed by atoms with E-state index in [1.54, 1.807) is 0 Å². The molecule has 2 aliphatic carbocycles. The van der Waals surface area contributed by atoms with Crippen LogP contribution in [0.4, 0.5) is 0 Å². The van der Waals surface area contributed by atoms with Crippen LogP contribution in [0.15, 0.2) is 9.59 Å². The lowest BCUT2D eigenvalue weighted by Crippen LogP contribution is -2.43. The third kappa shape index (κ3) is 2.68. The molecule has 0 radical (unpaired) electrons. The van der Waals surface area contributed by atoms with Crippen molar-refractivity contribution in [3.05, 3.63) is 32.1 Å². The molecule has 1 aromatic heterocycles. The molecule has 0 spiro atoms. The van der Waals surface area contributed by atoms with Gasteiger partial charge >= 0.3 is 5.69 Å². The maximum Gasteiger partial charge on any atom is 0.328 e. The van der Waals surface area contributed by atoms with Crippen molar-refractivity contribution in [3.63, 3.8) is 0 Å². The summed E-state index contributed by atoms with van der Waals surface area (Å²) in [6.45, 7) is 3.21. The van der Waals surface area contributed by atoms with Gasteiger partial charge in [0.1, 0.15) is 0 Å². The Labute approximate surface area is 135 Å². The van der Waals surface area contributed by atoms with Gasteiger partial charge in [-0.25, -0.2) is 4.79 Å². The van der Waals surface area contributed by atoms with Gasteiger partial charge in [0.25, 0.3) is 5.56 Å². The second-order valence-electron chi connectivity index (χ2n) is 6.99. The van der Waals surface area contributed by atoms with Gasteiger partial charge in [-0.1, -0.05) is 19.3 Å². The molecule has 6 heteroatoms. The van der Waals surface area contributed by atoms with Crippen molar-refractivity contribution in [3.8, 4) is 0 Å². The summed E-state index contributed by atoms with van der Waals surface area (Å²) in [6.07, 6.45) is 7.06. The van der Waals surface area contributed by atoms with E-state index in [2.05, 4.69) is 9.88 Å². The molecule has 1 N–H and O–H groups in total. The van der Waals surface area contributed by atoms with E-state index in [1.165, 1.54) is 11.0 Å². The monoisotopic (exact) mass is 319 g/mol. The smallest absolute Gasteiger partial charge is 0.328 e. The molecular formula is C17H25N3O3. The van der Waals surface area contributed by atoms with Gasteiger partial charge in [0.15, 0.2) is 0 Å². The number of H-pyrrole nitrogens is 1. The molecule has 1 unspecified atom stereocenters. The van der Waals surface area contributed by atoms with Crippen molar-refractivity contribution in [1.82, 2.24) is 14.5 Å². The molecule has 6 nitrogen and oxygen atoms in total. The van der Waals surface area contributed by atoms with E-state index in [9.17, 15) is 9.59 Å². The third-order valence-corrected chi connectivity index (χ3v) is 5.69. The standard InChI is InChI=1S/C17H25N3O3/c21-16-13-6-7-14(19-8-10-23-11-9-19)15(13)18-17(22)20(16)12-4-2-1-3-5-12/h12,14H,1-11H2,(H,18,22). The van der Waals surface area contributed by atoms with Crippen LogP contribution in [0, 0.1) is 0 Å². The van der Waals surface area contributed by atoms with E-state index in [-0.39, 0.29) is 23.3 Å². The molecule has 2 heterocycles. The number of ether oxygens (including phenoxy) is 1. The van der Waals surface area contributed by atoms with Gasteiger partial charge in [-0.2, -0.15) is 0 Å². The summed E-state index contributed by atoms with van der Waals surface area (Å²) in [6, 6.07) is 0.267. The van der Waals surface area contributed by atoms with E-state index >= 15 is 0 Å². The predicted octanol–water partition coefficient (Wildman–Crippen LogP) is 1.36. The van der Waals surface area contributed by atoms with E-state index in [0.29, 0.717) is 0 Å². The number of aromatic nitrogens is 2. The Morgan fingerprint density at radius 2 is 1.74 bits per heavy atom. The Balaban J connectivity index is 1.69. The zero-order valence-electron chi connectivity index (χ0n) is 13.6. The highest BCUT2D eigenvalue weighted by Crippen LogP contribution is 2.33. The van der Waals surface area contributed by atoms with E-state index in [1.807, 2.05) is 0 Å². The number of morpholine rings is 1. The van der Waals surface area contributed by atoms with Crippen molar-refractivity contribution in [1.29, 1.82) is 0 Å². The largest absolute Gasteiger partial charge is 0.379 e. The van der Waals surface area contributed by atoms with E-state index in [0.717, 1.165) is 76.1 Å². The molecular weight excluding hydrogens is 294 g/mol. The van der Waals surface area contributed by atoms with Gasteiger partial charge in [0, 0.05) is 30.4 Å². The SMILES string of the molecule is O=c1[nH]c2c(c(=O)n1C1CCCCC1)CCC2N1CCOCC1. The first-order valence-electron chi connectivity index (χ1n) is 8.95. The van der Waals surface area contributed by atoms with Crippen molar-refractivity contribution in [2.75, 3.05) is 26.3 Å². The minimum absolute atomic E-state index is 0.0357. The van der Waals surface area contributed by atoms with E-state index in [4.69, 9.17) is 4.74 Å². The molecule has 0 bridgehead atoms. The lowest BCUT2D eigenvalue weighted by atomic mass is 9.95. The highest BCUT2D eigenvalue weighted by atomic mass is 16.5. The first-order valence-corrected chi connectivity index (χ1v) is 8.95. The number of fused-ring (bicyclic) bond motifs is 1. The molecule has 1 saturated carbocycles. The number of hydrogen-bond acceptors (Lipinski definition) is 4. The van der Waals surface area contributed by atoms with Crippen LogP contribution in [0.25, 0.3) is 0 Å². The van der Waals surface area contributed by atoms with Crippen molar-refractivity contribution < 1.29 is 4.74 Å². The lowest BCUT2D eigenvalue weighted by molar-refractivity contribution is 0.0156. The Morgan fingerprint density at radius 1 is 1.00 bits per heavy atom. The lowest BCUT2D eigenvalue weighted by Gasteiger charge is -2.32. The molecule has 1 aromatic rings. The Hall–Kier alpha value is -1.40. The topological polar surface area (TPSA) is 67.3 Å². The third-order valence-electron chi connectivity index (χ3n) is 5.69. The minimum Gasteiger partial charge on any atom is -0.379 e. The summed E-state index contributed by atoms with van der Waals surface area (Å²) in [5.41, 5.74) is 1.47. The van der Waals surface area contributed by atoms with Gasteiger partial charge in [0.05, 0.1) is 19.3 Å². The summed E-state index contributed by atoms with van der Waals surface area (Å²) < 4.78 is 6.93. The number of aromatic amines is 1. The first kappa shape index (κ1) is 15.1. The van der Waals surface area contributed by atoms with Crippen LogP contribution in [0.5, 0.6) is 0 Å². The van der Waals surface area contributed by atoms with Gasteiger partial charge in [-0.3, -0.25) is 14.3 Å². The molecule has 126 valence electrons. The minimum atomic E-state index is -0.208. The maximum atomic E-state index is 12.9. The van der Waals surface area contributed by atoms with Crippen molar-refractivity contribution >= 4 is 0 Å². The first-order chi connectivity index (χ1) is 11.3. The normalized spacial score (nSPS) is 26.3. The molecule has 2 fully saturated rings. The van der Waals surface area contributed by atoms with Crippen molar-refractivity contribution in [2.45, 2.75) is 57.0 Å². The molecule has 0 aromatic carbocycles. The molecule has 1 saturated heterocycles. The van der Waals surface area contributed by atoms with Gasteiger partial charge in [-0.05, 0) is 25.7 Å². The highest BCUT2D eigenvalue weighted by Gasteiger charge is 2.33. The summed E-state index contributed by atoms with van der Waals surface area (Å²) >= 11 is 0. The number of nitrogens with one attached hydrogen (secondary N) is 1. The summed E-state index contributed by atoms with van der Waals surface area (Å²) in [7, 11) is 0. The number of rotatable bonds is 2. The van der Waals surface area contributed by atoms with Crippen LogP contribution in [-0.2, 0) is 11.2 Å². The van der Waals surface area contributed by atoms with Crippen LogP contribution < -0.4 is 11.2 Å². The molecule has 1 atom stereocenters. The second-order valence-corrected chi connectivity index (χ2v) is 6.99. The number of nitrogens with zero attached hydrogens (tertiary/aromatic N) is 2. The maximum absolute atomic E-state index is 12.9. The molecule has 1 aliphatic heterocycles. The van der Waals surface area contributed by atoms with Crippen LogP contribution in [0.1, 0.15) is 61.9 Å². The van der Waals surface area contributed by atoms with Crippen LogP contribution in [0.2, 0.25) is 0 Å². The Bertz CT molecular complexity index is 681. The van der Waals surface area contributed by atoms with Crippen LogP contribution in [-0.4, -0.2) is 40.8 Å². The average molecular weight is 319 g/mol. The zero-order chi connectivity index (χ0) is 15.8. The molecule has 4 rings (SSSR count). The van der Waals surface area contributed by atoms with E-state index < -0.39 is 0 Å². The fourth-order valence-corrected chi connectivity index (χ4v) is 4.48. The second kappa shape index (κ2) is 6.24. The highest BCUT2D eigenvalue weighted by molar-refractivity contribution is 5.26.